The molecule has 0 saturated carbocycles. The maximum absolute atomic E-state index is 11.0. The van der Waals surface area contributed by atoms with Crippen molar-refractivity contribution in [2.45, 2.75) is 20.3 Å². The van der Waals surface area contributed by atoms with Crippen molar-refractivity contribution in [1.29, 1.82) is 0 Å². The second kappa shape index (κ2) is 5.61. The normalized spacial score (nSPS) is 12.1. The van der Waals surface area contributed by atoms with Crippen molar-refractivity contribution in [2.75, 3.05) is 0 Å². The molecule has 0 fully saturated rings. The number of hydrogen-bond acceptors (Lipinski definition) is 3. The molecule has 0 saturated heterocycles. The predicted octanol–water partition coefficient (Wildman–Crippen LogP) is 3.90. The van der Waals surface area contributed by atoms with Crippen LogP contribution in [-0.2, 0) is 0 Å². The smallest absolute Gasteiger partial charge is 0.248 e. The van der Waals surface area contributed by atoms with Gasteiger partial charge in [0.25, 0.3) is 0 Å². The van der Waals surface area contributed by atoms with Crippen LogP contribution < -0.4 is 0 Å². The summed E-state index contributed by atoms with van der Waals surface area (Å²) in [7, 11) is 0. The van der Waals surface area contributed by atoms with Crippen LogP contribution in [0, 0.1) is 16.0 Å². The zero-order chi connectivity index (χ0) is 13.8. The molecule has 0 bridgehead atoms. The van der Waals surface area contributed by atoms with Crippen LogP contribution in [-0.4, -0.2) is 9.91 Å². The molecule has 98 valence electrons. The van der Waals surface area contributed by atoms with E-state index in [0.29, 0.717) is 12.1 Å². The van der Waals surface area contributed by atoms with E-state index in [1.165, 1.54) is 0 Å². The molecule has 4 nitrogen and oxygen atoms in total. The molecule has 0 aliphatic heterocycles. The minimum atomic E-state index is -0.323. The molecule has 0 atom stereocenters. The first-order valence-electron chi connectivity index (χ1n) is 6.27. The topological polar surface area (TPSA) is 56.0 Å². The monoisotopic (exact) mass is 256 g/mol. The Morgan fingerprint density at radius 1 is 1.32 bits per heavy atom. The Kier molecular flexibility index (Phi) is 3.90. The predicted molar refractivity (Wildman–Crippen MR) is 76.2 cm³/mol. The van der Waals surface area contributed by atoms with Crippen molar-refractivity contribution in [3.63, 3.8) is 0 Å². The van der Waals surface area contributed by atoms with Crippen molar-refractivity contribution < 1.29 is 4.92 Å². The lowest BCUT2D eigenvalue weighted by atomic mass is 10.1. The fourth-order valence-electron chi connectivity index (χ4n) is 1.94. The summed E-state index contributed by atoms with van der Waals surface area (Å²) in [5, 5.41) is 12.0. The van der Waals surface area contributed by atoms with Crippen LogP contribution in [0.4, 0.5) is 0 Å². The minimum Gasteiger partial charge on any atom is -0.259 e. The van der Waals surface area contributed by atoms with Crippen molar-refractivity contribution >= 4 is 17.0 Å². The first-order valence-corrected chi connectivity index (χ1v) is 6.27. The largest absolute Gasteiger partial charge is 0.259 e. The van der Waals surface area contributed by atoms with Gasteiger partial charge in [0.2, 0.25) is 5.70 Å². The molecule has 2 aromatic rings. The fourth-order valence-corrected chi connectivity index (χ4v) is 1.94. The molecule has 19 heavy (non-hydrogen) atoms. The minimum absolute atomic E-state index is 0.206. The summed E-state index contributed by atoms with van der Waals surface area (Å²) in [6.07, 6.45) is 2.01. The second-order valence-electron chi connectivity index (χ2n) is 4.92. The van der Waals surface area contributed by atoms with E-state index in [9.17, 15) is 10.1 Å². The summed E-state index contributed by atoms with van der Waals surface area (Å²) in [4.78, 5) is 15.1. The van der Waals surface area contributed by atoms with E-state index in [1.807, 2.05) is 50.2 Å². The molecule has 0 N–H and O–H groups in total. The molecule has 0 unspecified atom stereocenters. The highest BCUT2D eigenvalue weighted by Crippen LogP contribution is 2.17. The average molecular weight is 256 g/mol. The summed E-state index contributed by atoms with van der Waals surface area (Å²) in [6, 6.07) is 11.5. The molecule has 4 heteroatoms. The average Bonchev–Trinajstić information content (AvgIpc) is 2.37. The number of pyridine rings is 1. The Labute approximate surface area is 111 Å². The van der Waals surface area contributed by atoms with Gasteiger partial charge in [-0.15, -0.1) is 0 Å². The molecule has 0 spiro atoms. The number of nitro groups is 1. The third-order valence-corrected chi connectivity index (χ3v) is 2.79. The van der Waals surface area contributed by atoms with Crippen LogP contribution in [0.5, 0.6) is 0 Å². The van der Waals surface area contributed by atoms with Gasteiger partial charge in [-0.1, -0.05) is 38.1 Å². The molecule has 0 amide bonds. The standard InChI is InChI=1S/C15H16N2O2/c1-11(2)9-14(17(18)19)10-13-8-7-12-5-3-4-6-15(12)16-13/h3-8,10-11H,9H2,1-2H3. The van der Waals surface area contributed by atoms with Gasteiger partial charge < -0.3 is 0 Å². The molecule has 0 aliphatic carbocycles. The number of hydrogen-bond donors (Lipinski definition) is 0. The van der Waals surface area contributed by atoms with Gasteiger partial charge in [-0.25, -0.2) is 4.98 Å². The number of para-hydroxylation sites is 1. The molecule has 2 rings (SSSR count). The lowest BCUT2D eigenvalue weighted by Gasteiger charge is -2.03. The zero-order valence-corrected chi connectivity index (χ0v) is 11.0. The first-order chi connectivity index (χ1) is 9.06. The van der Waals surface area contributed by atoms with Crippen molar-refractivity contribution in [3.8, 4) is 0 Å². The molecule has 1 aromatic heterocycles. The highest BCUT2D eigenvalue weighted by molar-refractivity contribution is 5.79. The molecular weight excluding hydrogens is 240 g/mol. The number of fused-ring (bicyclic) bond motifs is 1. The van der Waals surface area contributed by atoms with Crippen LogP contribution in [0.2, 0.25) is 0 Å². The number of allylic oxidation sites excluding steroid dienone is 1. The highest BCUT2D eigenvalue weighted by atomic mass is 16.6. The van der Waals surface area contributed by atoms with Crippen LogP contribution in [0.3, 0.4) is 0 Å². The second-order valence-corrected chi connectivity index (χ2v) is 4.92. The Bertz CT molecular complexity index is 633. The van der Waals surface area contributed by atoms with E-state index in [4.69, 9.17) is 0 Å². The van der Waals surface area contributed by atoms with Gasteiger partial charge in [0.1, 0.15) is 0 Å². The summed E-state index contributed by atoms with van der Waals surface area (Å²) in [6.45, 7) is 3.93. The molecular formula is C15H16N2O2. The summed E-state index contributed by atoms with van der Waals surface area (Å²) < 4.78 is 0. The quantitative estimate of drug-likeness (QED) is 0.615. The lowest BCUT2D eigenvalue weighted by Crippen LogP contribution is -2.02. The third kappa shape index (κ3) is 3.37. The van der Waals surface area contributed by atoms with Crippen molar-refractivity contribution in [3.05, 3.63) is 57.9 Å². The number of benzene rings is 1. The molecule has 0 aliphatic rings. The third-order valence-electron chi connectivity index (χ3n) is 2.79. The Morgan fingerprint density at radius 2 is 2.05 bits per heavy atom. The van der Waals surface area contributed by atoms with E-state index >= 15 is 0 Å². The van der Waals surface area contributed by atoms with Gasteiger partial charge in [-0.05, 0) is 18.1 Å². The van der Waals surface area contributed by atoms with Crippen LogP contribution in [0.1, 0.15) is 26.0 Å². The van der Waals surface area contributed by atoms with Gasteiger partial charge >= 0.3 is 0 Å². The molecule has 0 radical (unpaired) electrons. The number of aromatic nitrogens is 1. The molecule has 1 heterocycles. The summed E-state index contributed by atoms with van der Waals surface area (Å²) in [5.74, 6) is 0.247. The SMILES string of the molecule is CC(C)CC(=Cc1ccc2ccccc2n1)[N+](=O)[O-]. The van der Waals surface area contributed by atoms with Crippen molar-refractivity contribution in [2.24, 2.45) is 5.92 Å². The van der Waals surface area contributed by atoms with E-state index in [0.717, 1.165) is 10.9 Å². The lowest BCUT2D eigenvalue weighted by molar-refractivity contribution is -0.427. The Morgan fingerprint density at radius 3 is 2.74 bits per heavy atom. The van der Waals surface area contributed by atoms with E-state index in [-0.39, 0.29) is 16.5 Å². The van der Waals surface area contributed by atoms with E-state index < -0.39 is 0 Å². The number of rotatable bonds is 4. The first kappa shape index (κ1) is 13.2. The van der Waals surface area contributed by atoms with Gasteiger partial charge in [0.15, 0.2) is 0 Å². The fraction of sp³-hybridized carbons (Fsp3) is 0.267. The van der Waals surface area contributed by atoms with Gasteiger partial charge in [0, 0.05) is 17.9 Å². The van der Waals surface area contributed by atoms with Crippen LogP contribution in [0.25, 0.3) is 17.0 Å². The maximum atomic E-state index is 11.0. The Balaban J connectivity index is 2.39. The van der Waals surface area contributed by atoms with Gasteiger partial charge in [-0.2, -0.15) is 0 Å². The van der Waals surface area contributed by atoms with Crippen LogP contribution in [0.15, 0.2) is 42.1 Å². The van der Waals surface area contributed by atoms with E-state index in [2.05, 4.69) is 4.98 Å². The summed E-state index contributed by atoms with van der Waals surface area (Å²) >= 11 is 0. The van der Waals surface area contributed by atoms with Gasteiger partial charge in [-0.3, -0.25) is 10.1 Å². The van der Waals surface area contributed by atoms with E-state index in [1.54, 1.807) is 6.08 Å². The zero-order valence-electron chi connectivity index (χ0n) is 11.0. The van der Waals surface area contributed by atoms with Crippen molar-refractivity contribution in [1.82, 2.24) is 4.98 Å². The maximum Gasteiger partial charge on any atom is 0.248 e. The summed E-state index contributed by atoms with van der Waals surface area (Å²) in [5.41, 5.74) is 1.69. The Hall–Kier alpha value is -2.23. The molecule has 1 aromatic carbocycles. The van der Waals surface area contributed by atoms with Gasteiger partial charge in [0.05, 0.1) is 16.1 Å². The highest BCUT2D eigenvalue weighted by Gasteiger charge is 2.13. The number of nitrogens with zero attached hydrogens (tertiary/aromatic N) is 2. The van der Waals surface area contributed by atoms with Crippen LogP contribution >= 0.6 is 0 Å².